The van der Waals surface area contributed by atoms with Crippen molar-refractivity contribution in [2.45, 2.75) is 19.8 Å². The average molecular weight is 138 g/mol. The van der Waals surface area contributed by atoms with Crippen LogP contribution in [0.4, 0.5) is 0 Å². The highest BCUT2D eigenvalue weighted by Crippen LogP contribution is 2.29. The summed E-state index contributed by atoms with van der Waals surface area (Å²) in [5.41, 5.74) is 0. The Bertz CT molecular complexity index is 143. The summed E-state index contributed by atoms with van der Waals surface area (Å²) in [6, 6.07) is 0. The second-order valence-corrected chi connectivity index (χ2v) is 2.65. The van der Waals surface area contributed by atoms with E-state index in [1.165, 1.54) is 12.8 Å². The summed E-state index contributed by atoms with van der Waals surface area (Å²) in [5.74, 6) is 1.74. The Kier molecular flexibility index (Phi) is 2.55. The van der Waals surface area contributed by atoms with E-state index >= 15 is 0 Å². The molecule has 1 saturated carbocycles. The van der Waals surface area contributed by atoms with Crippen LogP contribution in [0.2, 0.25) is 0 Å². The number of rotatable bonds is 4. The molecule has 0 saturated heterocycles. The molecule has 1 aliphatic carbocycles. The Labute approximate surface area is 62.4 Å². The zero-order valence-corrected chi connectivity index (χ0v) is 6.47. The lowest BCUT2D eigenvalue weighted by Crippen LogP contribution is -1.93. The van der Waals surface area contributed by atoms with E-state index in [0.717, 1.165) is 18.3 Å². The second kappa shape index (κ2) is 3.45. The van der Waals surface area contributed by atoms with Gasteiger partial charge >= 0.3 is 0 Å². The van der Waals surface area contributed by atoms with Gasteiger partial charge in [0.15, 0.2) is 0 Å². The van der Waals surface area contributed by atoms with Crippen LogP contribution in [0.1, 0.15) is 19.8 Å². The molecule has 0 unspecified atom stereocenters. The Hall–Kier alpha value is -0.720. The van der Waals surface area contributed by atoms with Gasteiger partial charge in [0.2, 0.25) is 0 Å². The molecule has 0 heterocycles. The van der Waals surface area contributed by atoms with Crippen LogP contribution in [0.3, 0.4) is 0 Å². The predicted octanol–water partition coefficient (Wildman–Crippen LogP) is 2.50. The maximum Gasteiger partial charge on any atom is 0.114 e. The monoisotopic (exact) mass is 138 g/mol. The minimum Gasteiger partial charge on any atom is -0.494 e. The summed E-state index contributed by atoms with van der Waals surface area (Å²) in [6.07, 6.45) is 6.38. The molecular formula is C9H14O. The lowest BCUT2D eigenvalue weighted by Gasteiger charge is -2.03. The highest BCUT2D eigenvalue weighted by molar-refractivity contribution is 5.06. The van der Waals surface area contributed by atoms with Crippen LogP contribution in [0, 0.1) is 5.92 Å². The zero-order chi connectivity index (χ0) is 7.40. The van der Waals surface area contributed by atoms with Crippen molar-refractivity contribution in [3.8, 4) is 0 Å². The highest BCUT2D eigenvalue weighted by atomic mass is 16.5. The van der Waals surface area contributed by atoms with Crippen molar-refractivity contribution in [2.24, 2.45) is 5.92 Å². The van der Waals surface area contributed by atoms with Gasteiger partial charge in [-0.05, 0) is 37.8 Å². The van der Waals surface area contributed by atoms with Gasteiger partial charge in [0.05, 0.1) is 6.61 Å². The minimum absolute atomic E-state index is 0.829. The van der Waals surface area contributed by atoms with Gasteiger partial charge in [0.25, 0.3) is 0 Å². The normalized spacial score (nSPS) is 18.7. The van der Waals surface area contributed by atoms with Crippen LogP contribution in [0.15, 0.2) is 24.5 Å². The molecule has 1 heteroatoms. The van der Waals surface area contributed by atoms with Crippen molar-refractivity contribution >= 4 is 0 Å². The van der Waals surface area contributed by atoms with Gasteiger partial charge in [-0.25, -0.2) is 0 Å². The van der Waals surface area contributed by atoms with Gasteiger partial charge < -0.3 is 4.74 Å². The smallest absolute Gasteiger partial charge is 0.114 e. The first-order valence-electron chi connectivity index (χ1n) is 3.78. The molecule has 1 nitrogen and oxygen atoms in total. The first-order valence-corrected chi connectivity index (χ1v) is 3.78. The van der Waals surface area contributed by atoms with Crippen molar-refractivity contribution in [2.75, 3.05) is 6.61 Å². The zero-order valence-electron chi connectivity index (χ0n) is 6.47. The summed E-state index contributed by atoms with van der Waals surface area (Å²) in [4.78, 5) is 0. The SMILES string of the molecule is C=CC(=CC)OCC1CC1. The van der Waals surface area contributed by atoms with E-state index in [4.69, 9.17) is 4.74 Å². The van der Waals surface area contributed by atoms with Crippen molar-refractivity contribution < 1.29 is 4.74 Å². The fraction of sp³-hybridized carbons (Fsp3) is 0.556. The molecular weight excluding hydrogens is 124 g/mol. The number of ether oxygens (including phenoxy) is 1. The second-order valence-electron chi connectivity index (χ2n) is 2.65. The largest absolute Gasteiger partial charge is 0.494 e. The molecule has 1 aliphatic rings. The van der Waals surface area contributed by atoms with Gasteiger partial charge in [-0.15, -0.1) is 0 Å². The summed E-state index contributed by atoms with van der Waals surface area (Å²) in [6.45, 7) is 6.48. The molecule has 0 spiro atoms. The number of hydrogen-bond donors (Lipinski definition) is 0. The molecule has 0 aromatic rings. The number of allylic oxidation sites excluding steroid dienone is 2. The Balaban J connectivity index is 2.14. The van der Waals surface area contributed by atoms with Crippen molar-refractivity contribution in [3.05, 3.63) is 24.5 Å². The minimum atomic E-state index is 0.829. The Morgan fingerprint density at radius 2 is 2.40 bits per heavy atom. The first kappa shape index (κ1) is 7.39. The van der Waals surface area contributed by atoms with E-state index in [1.807, 2.05) is 13.0 Å². The first-order chi connectivity index (χ1) is 4.86. The third-order valence-electron chi connectivity index (χ3n) is 1.67. The van der Waals surface area contributed by atoms with Crippen molar-refractivity contribution in [1.29, 1.82) is 0 Å². The molecule has 0 aromatic carbocycles. The highest BCUT2D eigenvalue weighted by Gasteiger charge is 2.21. The summed E-state index contributed by atoms with van der Waals surface area (Å²) < 4.78 is 5.41. The molecule has 1 rings (SSSR count). The van der Waals surface area contributed by atoms with E-state index in [2.05, 4.69) is 6.58 Å². The van der Waals surface area contributed by atoms with Gasteiger partial charge in [0.1, 0.15) is 5.76 Å². The van der Waals surface area contributed by atoms with Gasteiger partial charge in [-0.2, -0.15) is 0 Å². The third-order valence-corrected chi connectivity index (χ3v) is 1.67. The fourth-order valence-corrected chi connectivity index (χ4v) is 0.759. The molecule has 0 aromatic heterocycles. The van der Waals surface area contributed by atoms with Crippen molar-refractivity contribution in [1.82, 2.24) is 0 Å². The maximum absolute atomic E-state index is 5.41. The standard InChI is InChI=1S/C9H14O/c1-3-9(4-2)10-7-8-5-6-8/h3-4,8H,1,5-7H2,2H3. The predicted molar refractivity (Wildman–Crippen MR) is 42.6 cm³/mol. The fourth-order valence-electron chi connectivity index (χ4n) is 0.759. The summed E-state index contributed by atoms with van der Waals surface area (Å²) in [5, 5.41) is 0. The van der Waals surface area contributed by atoms with Gasteiger partial charge in [-0.1, -0.05) is 6.58 Å². The molecule has 0 N–H and O–H groups in total. The van der Waals surface area contributed by atoms with Crippen LogP contribution >= 0.6 is 0 Å². The number of hydrogen-bond acceptors (Lipinski definition) is 1. The molecule has 0 bridgehead atoms. The average Bonchev–Trinajstić information content (AvgIpc) is 2.74. The summed E-state index contributed by atoms with van der Waals surface area (Å²) >= 11 is 0. The topological polar surface area (TPSA) is 9.23 Å². The molecule has 1 fully saturated rings. The molecule has 0 amide bonds. The van der Waals surface area contributed by atoms with Crippen LogP contribution in [0.25, 0.3) is 0 Å². The van der Waals surface area contributed by atoms with E-state index in [1.54, 1.807) is 6.08 Å². The quantitative estimate of drug-likeness (QED) is 0.428. The van der Waals surface area contributed by atoms with Crippen LogP contribution in [-0.4, -0.2) is 6.61 Å². The van der Waals surface area contributed by atoms with Gasteiger partial charge in [-0.3, -0.25) is 0 Å². The van der Waals surface area contributed by atoms with Crippen LogP contribution < -0.4 is 0 Å². The Morgan fingerprint density at radius 1 is 1.70 bits per heavy atom. The van der Waals surface area contributed by atoms with Crippen LogP contribution in [0.5, 0.6) is 0 Å². The molecule has 56 valence electrons. The van der Waals surface area contributed by atoms with Crippen molar-refractivity contribution in [3.63, 3.8) is 0 Å². The molecule has 0 atom stereocenters. The maximum atomic E-state index is 5.41. The van der Waals surface area contributed by atoms with Crippen LogP contribution in [-0.2, 0) is 4.74 Å². The van der Waals surface area contributed by atoms with E-state index < -0.39 is 0 Å². The van der Waals surface area contributed by atoms with E-state index in [0.29, 0.717) is 0 Å². The lowest BCUT2D eigenvalue weighted by molar-refractivity contribution is 0.210. The molecule has 10 heavy (non-hydrogen) atoms. The molecule has 0 aliphatic heterocycles. The van der Waals surface area contributed by atoms with E-state index in [-0.39, 0.29) is 0 Å². The van der Waals surface area contributed by atoms with E-state index in [9.17, 15) is 0 Å². The molecule has 0 radical (unpaired) electrons. The van der Waals surface area contributed by atoms with Gasteiger partial charge in [0, 0.05) is 0 Å². The third kappa shape index (κ3) is 2.26. The summed E-state index contributed by atoms with van der Waals surface area (Å²) in [7, 11) is 0. The Morgan fingerprint density at radius 3 is 2.80 bits per heavy atom. The lowest BCUT2D eigenvalue weighted by atomic mass is 10.4.